The quantitative estimate of drug-likeness (QED) is 0.604. The highest BCUT2D eigenvalue weighted by atomic mass is 16.5. The number of nitrogens with one attached hydrogen (secondary N) is 2. The molecule has 0 aromatic carbocycles. The van der Waals surface area contributed by atoms with E-state index in [1.165, 1.54) is 0 Å². The van der Waals surface area contributed by atoms with E-state index in [1.54, 1.807) is 12.5 Å². The molecule has 0 saturated carbocycles. The molecule has 0 aromatic heterocycles. The van der Waals surface area contributed by atoms with Crippen LogP contribution in [0.3, 0.4) is 0 Å². The summed E-state index contributed by atoms with van der Waals surface area (Å²) >= 11 is 0. The zero-order chi connectivity index (χ0) is 11.5. The van der Waals surface area contributed by atoms with Gasteiger partial charge in [-0.25, -0.2) is 0 Å². The lowest BCUT2D eigenvalue weighted by molar-refractivity contribution is 0.396. The Balaban J connectivity index is 3.44. The standard InChI is InChI=1S/C12H24N2O/c1-11(13-3)7-5-9-15-10-6-8-12(2)14-4/h5-6,9-14H,7-8H2,1-4H3. The monoisotopic (exact) mass is 212 g/mol. The van der Waals surface area contributed by atoms with Crippen LogP contribution < -0.4 is 10.6 Å². The third-order valence-electron chi connectivity index (χ3n) is 2.31. The Morgan fingerprint density at radius 2 is 1.33 bits per heavy atom. The van der Waals surface area contributed by atoms with Crippen molar-refractivity contribution < 1.29 is 4.74 Å². The van der Waals surface area contributed by atoms with Crippen molar-refractivity contribution in [3.05, 3.63) is 24.7 Å². The predicted molar refractivity (Wildman–Crippen MR) is 65.6 cm³/mol. The van der Waals surface area contributed by atoms with Gasteiger partial charge in [-0.05, 0) is 52.9 Å². The molecule has 0 radical (unpaired) electrons. The van der Waals surface area contributed by atoms with Crippen molar-refractivity contribution in [2.24, 2.45) is 0 Å². The Morgan fingerprint density at radius 3 is 1.67 bits per heavy atom. The van der Waals surface area contributed by atoms with Crippen LogP contribution in [0, 0.1) is 0 Å². The first-order valence-corrected chi connectivity index (χ1v) is 5.50. The second-order valence-electron chi connectivity index (χ2n) is 3.73. The molecule has 88 valence electrons. The lowest BCUT2D eigenvalue weighted by Gasteiger charge is -2.05. The predicted octanol–water partition coefficient (Wildman–Crippen LogP) is 2.03. The summed E-state index contributed by atoms with van der Waals surface area (Å²) in [7, 11) is 3.91. The van der Waals surface area contributed by atoms with Gasteiger partial charge in [-0.2, -0.15) is 0 Å². The highest BCUT2D eigenvalue weighted by Gasteiger charge is 1.92. The molecule has 0 aliphatic carbocycles. The summed E-state index contributed by atoms with van der Waals surface area (Å²) in [4.78, 5) is 0. The minimum atomic E-state index is 0.498. The fourth-order valence-electron chi connectivity index (χ4n) is 0.912. The Labute approximate surface area is 93.6 Å². The fraction of sp³-hybridized carbons (Fsp3) is 0.667. The largest absolute Gasteiger partial charge is 0.473 e. The highest BCUT2D eigenvalue weighted by molar-refractivity contribution is 4.83. The van der Waals surface area contributed by atoms with Gasteiger partial charge < -0.3 is 15.4 Å². The van der Waals surface area contributed by atoms with Gasteiger partial charge in [0.05, 0.1) is 12.5 Å². The molecule has 15 heavy (non-hydrogen) atoms. The lowest BCUT2D eigenvalue weighted by Crippen LogP contribution is -2.19. The Bertz CT molecular complexity index is 170. The van der Waals surface area contributed by atoms with Crippen molar-refractivity contribution in [1.82, 2.24) is 10.6 Å². The van der Waals surface area contributed by atoms with Gasteiger partial charge >= 0.3 is 0 Å². The maximum atomic E-state index is 5.21. The Hall–Kier alpha value is -0.800. The maximum absolute atomic E-state index is 5.21. The van der Waals surface area contributed by atoms with Crippen molar-refractivity contribution in [2.45, 2.75) is 38.8 Å². The van der Waals surface area contributed by atoms with Crippen LogP contribution in [0.5, 0.6) is 0 Å². The van der Waals surface area contributed by atoms with Crippen molar-refractivity contribution in [1.29, 1.82) is 0 Å². The van der Waals surface area contributed by atoms with Crippen LogP contribution in [-0.4, -0.2) is 26.2 Å². The van der Waals surface area contributed by atoms with E-state index in [1.807, 2.05) is 26.2 Å². The fourth-order valence-corrected chi connectivity index (χ4v) is 0.912. The van der Waals surface area contributed by atoms with E-state index in [2.05, 4.69) is 24.5 Å². The van der Waals surface area contributed by atoms with Gasteiger partial charge in [-0.1, -0.05) is 0 Å². The van der Waals surface area contributed by atoms with Crippen LogP contribution in [0.25, 0.3) is 0 Å². The second-order valence-corrected chi connectivity index (χ2v) is 3.73. The molecule has 3 nitrogen and oxygen atoms in total. The van der Waals surface area contributed by atoms with Gasteiger partial charge in [-0.15, -0.1) is 0 Å². The zero-order valence-electron chi connectivity index (χ0n) is 10.3. The molecule has 0 spiro atoms. The zero-order valence-corrected chi connectivity index (χ0v) is 10.3. The van der Waals surface area contributed by atoms with E-state index in [9.17, 15) is 0 Å². The average Bonchev–Trinajstić information content (AvgIpc) is 2.26. The first-order valence-electron chi connectivity index (χ1n) is 5.50. The molecule has 0 amide bonds. The van der Waals surface area contributed by atoms with Gasteiger partial charge in [-0.3, -0.25) is 0 Å². The van der Waals surface area contributed by atoms with Gasteiger partial charge in [0.1, 0.15) is 0 Å². The van der Waals surface area contributed by atoms with E-state index >= 15 is 0 Å². The minimum absolute atomic E-state index is 0.498. The van der Waals surface area contributed by atoms with Crippen LogP contribution in [0.1, 0.15) is 26.7 Å². The van der Waals surface area contributed by atoms with E-state index < -0.39 is 0 Å². The first-order chi connectivity index (χ1) is 7.20. The molecule has 0 heterocycles. The van der Waals surface area contributed by atoms with Crippen molar-refractivity contribution >= 4 is 0 Å². The smallest absolute Gasteiger partial charge is 0.0861 e. The topological polar surface area (TPSA) is 33.3 Å². The lowest BCUT2D eigenvalue weighted by atomic mass is 10.2. The van der Waals surface area contributed by atoms with Crippen LogP contribution >= 0.6 is 0 Å². The number of hydrogen-bond acceptors (Lipinski definition) is 3. The molecule has 2 N–H and O–H groups in total. The number of hydrogen-bond donors (Lipinski definition) is 2. The summed E-state index contributed by atoms with van der Waals surface area (Å²) in [6.07, 6.45) is 9.47. The first kappa shape index (κ1) is 14.2. The van der Waals surface area contributed by atoms with Crippen LogP contribution in [0.4, 0.5) is 0 Å². The molecular formula is C12H24N2O. The van der Waals surface area contributed by atoms with Crippen molar-refractivity contribution in [3.63, 3.8) is 0 Å². The van der Waals surface area contributed by atoms with Crippen LogP contribution in [0.15, 0.2) is 24.7 Å². The van der Waals surface area contributed by atoms with E-state index in [4.69, 9.17) is 4.74 Å². The SMILES string of the molecule is CNC(C)CC=COC=CCC(C)NC. The molecule has 0 aliphatic heterocycles. The van der Waals surface area contributed by atoms with Crippen molar-refractivity contribution in [3.8, 4) is 0 Å². The third kappa shape index (κ3) is 9.50. The van der Waals surface area contributed by atoms with E-state index in [-0.39, 0.29) is 0 Å². The van der Waals surface area contributed by atoms with E-state index in [0.717, 1.165) is 12.8 Å². The summed E-state index contributed by atoms with van der Waals surface area (Å²) < 4.78 is 5.21. The van der Waals surface area contributed by atoms with E-state index in [0.29, 0.717) is 12.1 Å². The minimum Gasteiger partial charge on any atom is -0.473 e. The molecule has 0 aromatic rings. The Kier molecular flexibility index (Phi) is 9.22. The number of rotatable bonds is 8. The second kappa shape index (κ2) is 9.74. The summed E-state index contributed by atoms with van der Waals surface area (Å²) in [5.41, 5.74) is 0. The van der Waals surface area contributed by atoms with Gasteiger partial charge in [0.15, 0.2) is 0 Å². The molecule has 0 aliphatic rings. The van der Waals surface area contributed by atoms with Gasteiger partial charge in [0.2, 0.25) is 0 Å². The van der Waals surface area contributed by atoms with Crippen LogP contribution in [0.2, 0.25) is 0 Å². The van der Waals surface area contributed by atoms with Crippen molar-refractivity contribution in [2.75, 3.05) is 14.1 Å². The van der Waals surface area contributed by atoms with Crippen LogP contribution in [-0.2, 0) is 4.74 Å². The summed E-state index contributed by atoms with van der Waals surface area (Å²) in [6.45, 7) is 4.27. The molecule has 0 bridgehead atoms. The average molecular weight is 212 g/mol. The van der Waals surface area contributed by atoms with Gasteiger partial charge in [0, 0.05) is 12.1 Å². The summed E-state index contributed by atoms with van der Waals surface area (Å²) in [6, 6.07) is 0.997. The third-order valence-corrected chi connectivity index (χ3v) is 2.31. The molecule has 3 heteroatoms. The molecule has 2 atom stereocenters. The molecule has 2 unspecified atom stereocenters. The van der Waals surface area contributed by atoms with Gasteiger partial charge in [0.25, 0.3) is 0 Å². The summed E-state index contributed by atoms with van der Waals surface area (Å²) in [5, 5.41) is 6.31. The number of ether oxygens (including phenoxy) is 1. The summed E-state index contributed by atoms with van der Waals surface area (Å²) in [5.74, 6) is 0. The molecule has 0 rings (SSSR count). The maximum Gasteiger partial charge on any atom is 0.0861 e. The molecule has 0 fully saturated rings. The normalized spacial score (nSPS) is 16.0. The highest BCUT2D eigenvalue weighted by Crippen LogP contribution is 1.94. The Morgan fingerprint density at radius 1 is 0.933 bits per heavy atom. The molecular weight excluding hydrogens is 188 g/mol. The molecule has 0 saturated heterocycles.